The van der Waals surface area contributed by atoms with E-state index in [0.717, 1.165) is 31.8 Å². The Morgan fingerprint density at radius 1 is 1.35 bits per heavy atom. The number of hydrogen-bond donors (Lipinski definition) is 2. The van der Waals surface area contributed by atoms with Gasteiger partial charge in [0.15, 0.2) is 0 Å². The van der Waals surface area contributed by atoms with Crippen LogP contribution in [0.15, 0.2) is 5.16 Å². The highest BCUT2D eigenvalue weighted by Gasteiger charge is 2.23. The monoisotopic (exact) mass is 284 g/mol. The molecule has 1 fully saturated rings. The Morgan fingerprint density at radius 3 is 2.75 bits per heavy atom. The van der Waals surface area contributed by atoms with E-state index in [1.807, 2.05) is 13.8 Å². The average molecular weight is 284 g/mol. The van der Waals surface area contributed by atoms with Crippen LogP contribution in [0.2, 0.25) is 0 Å². The normalized spacial score (nSPS) is 24.9. The van der Waals surface area contributed by atoms with E-state index < -0.39 is 0 Å². The fourth-order valence-corrected chi connectivity index (χ4v) is 2.95. The molecule has 4 nitrogen and oxygen atoms in total. The van der Waals surface area contributed by atoms with Crippen LogP contribution in [0.3, 0.4) is 0 Å². The lowest BCUT2D eigenvalue weighted by Gasteiger charge is -2.28. The number of unbranched alkanes of at least 4 members (excludes halogenated alkanes) is 1. The second-order valence-electron chi connectivity index (χ2n) is 6.76. The molecule has 20 heavy (non-hydrogen) atoms. The maximum atomic E-state index is 8.73. The van der Waals surface area contributed by atoms with Crippen molar-refractivity contribution < 1.29 is 9.94 Å². The Labute approximate surface area is 123 Å². The molecule has 0 aromatic rings. The standard InChI is InChI=1S/C16H32N2O2/c1-4-13-8-7-9-14(12-13)20-11-6-5-10-16(2,3)15(17)18-19/h13-14,19H,4-12H2,1-3H3,(H2,17,18). The number of amidine groups is 1. The Kier molecular flexibility index (Phi) is 7.35. The first-order valence-corrected chi connectivity index (χ1v) is 8.09. The van der Waals surface area contributed by atoms with E-state index in [1.165, 1.54) is 32.1 Å². The highest BCUT2D eigenvalue weighted by Crippen LogP contribution is 2.29. The molecule has 0 aromatic carbocycles. The van der Waals surface area contributed by atoms with Crippen LogP contribution in [0, 0.1) is 11.3 Å². The van der Waals surface area contributed by atoms with Crippen LogP contribution in [-0.2, 0) is 4.74 Å². The molecule has 0 radical (unpaired) electrons. The summed E-state index contributed by atoms with van der Waals surface area (Å²) in [4.78, 5) is 0. The zero-order valence-electron chi connectivity index (χ0n) is 13.4. The molecule has 2 atom stereocenters. The zero-order chi connectivity index (χ0) is 15.0. The molecule has 118 valence electrons. The first-order valence-electron chi connectivity index (χ1n) is 8.09. The summed E-state index contributed by atoms with van der Waals surface area (Å²) in [5.41, 5.74) is 5.45. The van der Waals surface area contributed by atoms with E-state index in [1.54, 1.807) is 0 Å². The van der Waals surface area contributed by atoms with Crippen LogP contribution in [-0.4, -0.2) is 23.8 Å². The third-order valence-electron chi connectivity index (χ3n) is 4.66. The molecule has 3 N–H and O–H groups in total. The van der Waals surface area contributed by atoms with Gasteiger partial charge in [-0.2, -0.15) is 0 Å². The molecule has 1 rings (SSSR count). The van der Waals surface area contributed by atoms with Crippen molar-refractivity contribution in [2.75, 3.05) is 6.61 Å². The van der Waals surface area contributed by atoms with Crippen molar-refractivity contribution in [1.29, 1.82) is 0 Å². The second-order valence-corrected chi connectivity index (χ2v) is 6.76. The van der Waals surface area contributed by atoms with Crippen LogP contribution in [0.1, 0.15) is 72.1 Å². The molecule has 2 unspecified atom stereocenters. The van der Waals surface area contributed by atoms with Gasteiger partial charge in [0.1, 0.15) is 5.84 Å². The first kappa shape index (κ1) is 17.3. The number of rotatable bonds is 8. The topological polar surface area (TPSA) is 67.8 Å². The molecular weight excluding hydrogens is 252 g/mol. The van der Waals surface area contributed by atoms with Crippen LogP contribution in [0.5, 0.6) is 0 Å². The zero-order valence-corrected chi connectivity index (χ0v) is 13.4. The fourth-order valence-electron chi connectivity index (χ4n) is 2.95. The number of nitrogens with zero attached hydrogens (tertiary/aromatic N) is 1. The Morgan fingerprint density at radius 2 is 2.10 bits per heavy atom. The van der Waals surface area contributed by atoms with Gasteiger partial charge in [0.2, 0.25) is 0 Å². The van der Waals surface area contributed by atoms with E-state index >= 15 is 0 Å². The molecule has 0 bridgehead atoms. The lowest BCUT2D eigenvalue weighted by molar-refractivity contribution is 0.0103. The maximum absolute atomic E-state index is 8.73. The highest BCUT2D eigenvalue weighted by atomic mass is 16.5. The van der Waals surface area contributed by atoms with Gasteiger partial charge in [0.05, 0.1) is 6.10 Å². The van der Waals surface area contributed by atoms with E-state index in [9.17, 15) is 0 Å². The molecule has 0 aromatic heterocycles. The largest absolute Gasteiger partial charge is 0.409 e. The van der Waals surface area contributed by atoms with Gasteiger partial charge in [-0.05, 0) is 31.6 Å². The quantitative estimate of drug-likeness (QED) is 0.233. The summed E-state index contributed by atoms with van der Waals surface area (Å²) in [7, 11) is 0. The molecule has 0 heterocycles. The van der Waals surface area contributed by atoms with Gasteiger partial charge < -0.3 is 15.7 Å². The SMILES string of the molecule is CCC1CCCC(OCCCCC(C)(C)C(N)=NO)C1. The van der Waals surface area contributed by atoms with Crippen LogP contribution in [0.4, 0.5) is 0 Å². The predicted octanol–water partition coefficient (Wildman–Crippen LogP) is 3.91. The van der Waals surface area contributed by atoms with E-state index in [2.05, 4.69) is 12.1 Å². The third-order valence-corrected chi connectivity index (χ3v) is 4.66. The summed E-state index contributed by atoms with van der Waals surface area (Å²) in [5, 5.41) is 11.8. The van der Waals surface area contributed by atoms with Gasteiger partial charge in [0.25, 0.3) is 0 Å². The van der Waals surface area contributed by atoms with Gasteiger partial charge in [-0.1, -0.05) is 51.6 Å². The molecule has 1 aliphatic carbocycles. The Bertz CT molecular complexity index is 303. The van der Waals surface area contributed by atoms with Crippen molar-refractivity contribution in [3.63, 3.8) is 0 Å². The van der Waals surface area contributed by atoms with Gasteiger partial charge in [0, 0.05) is 12.0 Å². The number of oxime groups is 1. The van der Waals surface area contributed by atoms with E-state index in [-0.39, 0.29) is 5.41 Å². The number of nitrogens with two attached hydrogens (primary N) is 1. The van der Waals surface area contributed by atoms with Crippen LogP contribution in [0.25, 0.3) is 0 Å². The maximum Gasteiger partial charge on any atom is 0.144 e. The molecular formula is C16H32N2O2. The molecule has 0 saturated heterocycles. The summed E-state index contributed by atoms with van der Waals surface area (Å²) in [6, 6.07) is 0. The summed E-state index contributed by atoms with van der Waals surface area (Å²) in [6.45, 7) is 7.14. The lowest BCUT2D eigenvalue weighted by atomic mass is 9.85. The Hall–Kier alpha value is -0.770. The van der Waals surface area contributed by atoms with E-state index in [0.29, 0.717) is 11.9 Å². The second kappa shape index (κ2) is 8.50. The van der Waals surface area contributed by atoms with Gasteiger partial charge in [-0.15, -0.1) is 0 Å². The minimum Gasteiger partial charge on any atom is -0.409 e. The smallest absolute Gasteiger partial charge is 0.144 e. The fraction of sp³-hybridized carbons (Fsp3) is 0.938. The van der Waals surface area contributed by atoms with Gasteiger partial charge >= 0.3 is 0 Å². The van der Waals surface area contributed by atoms with Crippen molar-refractivity contribution in [2.45, 2.75) is 78.2 Å². The van der Waals surface area contributed by atoms with Crippen molar-refractivity contribution in [3.8, 4) is 0 Å². The summed E-state index contributed by atoms with van der Waals surface area (Å²) >= 11 is 0. The minimum atomic E-state index is -0.229. The lowest BCUT2D eigenvalue weighted by Crippen LogP contribution is -2.31. The molecule has 0 amide bonds. The summed E-state index contributed by atoms with van der Waals surface area (Å²) < 4.78 is 6.01. The Balaban J connectivity index is 2.13. The van der Waals surface area contributed by atoms with Gasteiger partial charge in [-0.25, -0.2) is 0 Å². The molecule has 1 aliphatic rings. The van der Waals surface area contributed by atoms with Crippen molar-refractivity contribution in [2.24, 2.45) is 22.2 Å². The highest BCUT2D eigenvalue weighted by molar-refractivity contribution is 5.85. The molecule has 4 heteroatoms. The van der Waals surface area contributed by atoms with Crippen LogP contribution >= 0.6 is 0 Å². The first-order chi connectivity index (χ1) is 9.49. The van der Waals surface area contributed by atoms with Crippen LogP contribution < -0.4 is 5.73 Å². The number of ether oxygens (including phenoxy) is 1. The predicted molar refractivity (Wildman–Crippen MR) is 83.0 cm³/mol. The molecule has 0 spiro atoms. The molecule has 1 saturated carbocycles. The number of hydrogen-bond acceptors (Lipinski definition) is 3. The van der Waals surface area contributed by atoms with Crippen molar-refractivity contribution in [3.05, 3.63) is 0 Å². The third kappa shape index (κ3) is 5.70. The van der Waals surface area contributed by atoms with E-state index in [4.69, 9.17) is 15.7 Å². The summed E-state index contributed by atoms with van der Waals surface area (Å²) in [6.07, 6.45) is 9.96. The van der Waals surface area contributed by atoms with Crippen molar-refractivity contribution >= 4 is 5.84 Å². The van der Waals surface area contributed by atoms with Crippen molar-refractivity contribution in [1.82, 2.24) is 0 Å². The minimum absolute atomic E-state index is 0.229. The van der Waals surface area contributed by atoms with Gasteiger partial charge in [-0.3, -0.25) is 0 Å². The summed E-state index contributed by atoms with van der Waals surface area (Å²) in [5.74, 6) is 1.18. The molecule has 0 aliphatic heterocycles. The average Bonchev–Trinajstić information content (AvgIpc) is 2.46.